The summed E-state index contributed by atoms with van der Waals surface area (Å²) in [5.41, 5.74) is 1.70. The zero-order valence-electron chi connectivity index (χ0n) is 15.4. The van der Waals surface area contributed by atoms with Gasteiger partial charge in [0.2, 0.25) is 5.91 Å². The zero-order valence-corrected chi connectivity index (χ0v) is 16.2. The summed E-state index contributed by atoms with van der Waals surface area (Å²) in [6, 6.07) is 10.7. The van der Waals surface area contributed by atoms with Crippen molar-refractivity contribution in [3.63, 3.8) is 0 Å². The molecule has 0 unspecified atom stereocenters. The van der Waals surface area contributed by atoms with Crippen LogP contribution in [0.5, 0.6) is 0 Å². The van der Waals surface area contributed by atoms with Crippen molar-refractivity contribution in [1.82, 2.24) is 9.97 Å². The van der Waals surface area contributed by atoms with E-state index >= 15 is 0 Å². The summed E-state index contributed by atoms with van der Waals surface area (Å²) in [5, 5.41) is 3.79. The van der Waals surface area contributed by atoms with Crippen LogP contribution in [0.25, 0.3) is 10.3 Å². The predicted octanol–water partition coefficient (Wildman–Crippen LogP) is 3.33. The summed E-state index contributed by atoms with van der Waals surface area (Å²) in [6.45, 7) is 1.45. The number of aromatic nitrogens is 2. The summed E-state index contributed by atoms with van der Waals surface area (Å²) >= 11 is 1.54. The van der Waals surface area contributed by atoms with E-state index in [1.165, 1.54) is 7.11 Å². The molecular weight excluding hydrogens is 376 g/mol. The molecule has 1 amide bonds. The van der Waals surface area contributed by atoms with Gasteiger partial charge in [-0.25, -0.2) is 14.8 Å². The van der Waals surface area contributed by atoms with Gasteiger partial charge < -0.3 is 15.0 Å². The van der Waals surface area contributed by atoms with Crippen molar-refractivity contribution in [3.05, 3.63) is 48.2 Å². The molecular formula is C20H20N4O3S. The third kappa shape index (κ3) is 3.68. The van der Waals surface area contributed by atoms with E-state index in [4.69, 9.17) is 4.74 Å². The van der Waals surface area contributed by atoms with Gasteiger partial charge in [-0.3, -0.25) is 4.79 Å². The maximum absolute atomic E-state index is 12.9. The fourth-order valence-corrected chi connectivity index (χ4v) is 4.32. The van der Waals surface area contributed by atoms with E-state index in [1.807, 2.05) is 12.1 Å². The Labute approximate surface area is 166 Å². The number of benzene rings is 1. The number of esters is 1. The average molecular weight is 396 g/mol. The Balaban J connectivity index is 1.49. The summed E-state index contributed by atoms with van der Waals surface area (Å²) in [6.07, 6.45) is 3.46. The number of pyridine rings is 1. The molecule has 1 saturated heterocycles. The second-order valence-electron chi connectivity index (χ2n) is 6.64. The number of nitrogens with zero attached hydrogens (tertiary/aromatic N) is 3. The fraction of sp³-hybridized carbons (Fsp3) is 0.300. The van der Waals surface area contributed by atoms with Crippen LogP contribution in [0.1, 0.15) is 23.2 Å². The number of methoxy groups -OCH3 is 1. The van der Waals surface area contributed by atoms with Crippen LogP contribution in [-0.2, 0) is 9.53 Å². The van der Waals surface area contributed by atoms with Gasteiger partial charge >= 0.3 is 5.97 Å². The minimum Gasteiger partial charge on any atom is -0.465 e. The Hall–Kier alpha value is -3.00. The summed E-state index contributed by atoms with van der Waals surface area (Å²) in [7, 11) is 1.33. The predicted molar refractivity (Wildman–Crippen MR) is 109 cm³/mol. The van der Waals surface area contributed by atoms with Gasteiger partial charge in [0.25, 0.3) is 0 Å². The summed E-state index contributed by atoms with van der Waals surface area (Å²) < 4.78 is 4.80. The number of rotatable bonds is 4. The van der Waals surface area contributed by atoms with Crippen LogP contribution in [0.2, 0.25) is 0 Å². The quantitative estimate of drug-likeness (QED) is 0.681. The highest BCUT2D eigenvalue weighted by molar-refractivity contribution is 7.21. The lowest BCUT2D eigenvalue weighted by molar-refractivity contribution is -0.120. The molecule has 0 saturated carbocycles. The SMILES string of the molecule is COC(=O)c1ccccc1NC(=O)[C@H]1CCCN(c2nc3cccnc3s2)C1. The summed E-state index contributed by atoms with van der Waals surface area (Å²) in [5.74, 6) is -0.747. The number of nitrogens with one attached hydrogen (secondary N) is 1. The molecule has 1 fully saturated rings. The van der Waals surface area contributed by atoms with Gasteiger partial charge in [0, 0.05) is 19.3 Å². The molecule has 0 bridgehead atoms. The molecule has 0 aliphatic carbocycles. The lowest BCUT2D eigenvalue weighted by Gasteiger charge is -2.31. The van der Waals surface area contributed by atoms with Gasteiger partial charge in [0.15, 0.2) is 5.13 Å². The van der Waals surface area contributed by atoms with Gasteiger partial charge in [-0.1, -0.05) is 23.5 Å². The molecule has 1 aromatic carbocycles. The number of hydrogen-bond acceptors (Lipinski definition) is 7. The molecule has 2 aromatic heterocycles. The van der Waals surface area contributed by atoms with Gasteiger partial charge in [-0.2, -0.15) is 0 Å². The summed E-state index contributed by atoms with van der Waals surface area (Å²) in [4.78, 5) is 36.8. The van der Waals surface area contributed by atoms with E-state index in [0.717, 1.165) is 34.9 Å². The molecule has 0 spiro atoms. The van der Waals surface area contributed by atoms with Gasteiger partial charge in [0.1, 0.15) is 10.3 Å². The van der Waals surface area contributed by atoms with Crippen molar-refractivity contribution in [3.8, 4) is 0 Å². The average Bonchev–Trinajstić information content (AvgIpc) is 3.18. The zero-order chi connectivity index (χ0) is 19.5. The molecule has 0 radical (unpaired) electrons. The Kier molecular flexibility index (Phi) is 5.21. The first-order valence-corrected chi connectivity index (χ1v) is 9.92. The Morgan fingerprint density at radius 3 is 2.93 bits per heavy atom. The molecule has 1 atom stereocenters. The van der Waals surface area contributed by atoms with Crippen LogP contribution in [0.4, 0.5) is 10.8 Å². The standard InChI is InChI=1S/C20H20N4O3S/c1-27-19(26)14-7-2-3-8-15(14)22-17(25)13-6-5-11-24(12-13)20-23-16-9-4-10-21-18(16)28-20/h2-4,7-10,13H,5-6,11-12H2,1H3,(H,22,25)/t13-/m0/s1. The molecule has 3 aromatic rings. The van der Waals surface area contributed by atoms with Crippen LogP contribution in [0.3, 0.4) is 0 Å². The number of hydrogen-bond donors (Lipinski definition) is 1. The lowest BCUT2D eigenvalue weighted by atomic mass is 9.97. The number of amides is 1. The first-order chi connectivity index (χ1) is 13.7. The van der Waals surface area contributed by atoms with E-state index in [2.05, 4.69) is 20.2 Å². The minimum atomic E-state index is -0.469. The minimum absolute atomic E-state index is 0.0970. The molecule has 1 aliphatic rings. The Morgan fingerprint density at radius 1 is 1.25 bits per heavy atom. The number of ether oxygens (including phenoxy) is 1. The fourth-order valence-electron chi connectivity index (χ4n) is 3.37. The molecule has 3 heterocycles. The first kappa shape index (κ1) is 18.4. The maximum Gasteiger partial charge on any atom is 0.339 e. The number of para-hydroxylation sites is 1. The van der Waals surface area contributed by atoms with Crippen LogP contribution in [-0.4, -0.2) is 42.0 Å². The largest absolute Gasteiger partial charge is 0.465 e. The second kappa shape index (κ2) is 7.93. The van der Waals surface area contributed by atoms with Crippen LogP contribution in [0, 0.1) is 5.92 Å². The van der Waals surface area contributed by atoms with Crippen molar-refractivity contribution in [1.29, 1.82) is 0 Å². The van der Waals surface area contributed by atoms with Crippen LogP contribution < -0.4 is 10.2 Å². The lowest BCUT2D eigenvalue weighted by Crippen LogP contribution is -2.40. The smallest absolute Gasteiger partial charge is 0.339 e. The number of thiazole rings is 1. The molecule has 144 valence electrons. The molecule has 1 N–H and O–H groups in total. The van der Waals surface area contributed by atoms with Crippen molar-refractivity contribution >= 4 is 44.4 Å². The number of carbonyl (C=O) groups is 2. The van der Waals surface area contributed by atoms with Gasteiger partial charge in [0.05, 0.1) is 24.3 Å². The molecule has 8 heteroatoms. The normalized spacial score (nSPS) is 16.8. The van der Waals surface area contributed by atoms with Crippen LogP contribution >= 0.6 is 11.3 Å². The number of piperidine rings is 1. The number of anilines is 2. The third-order valence-corrected chi connectivity index (χ3v) is 5.85. The van der Waals surface area contributed by atoms with Crippen molar-refractivity contribution in [2.45, 2.75) is 12.8 Å². The van der Waals surface area contributed by atoms with E-state index in [1.54, 1.807) is 41.8 Å². The Morgan fingerprint density at radius 2 is 2.11 bits per heavy atom. The molecule has 4 rings (SSSR count). The van der Waals surface area contributed by atoms with E-state index in [0.29, 0.717) is 17.8 Å². The molecule has 28 heavy (non-hydrogen) atoms. The van der Waals surface area contributed by atoms with E-state index < -0.39 is 5.97 Å². The van der Waals surface area contributed by atoms with Gasteiger partial charge in [-0.05, 0) is 37.1 Å². The van der Waals surface area contributed by atoms with E-state index in [9.17, 15) is 9.59 Å². The Bertz CT molecular complexity index is 986. The van der Waals surface area contributed by atoms with Crippen molar-refractivity contribution in [2.75, 3.05) is 30.4 Å². The first-order valence-electron chi connectivity index (χ1n) is 9.10. The highest BCUT2D eigenvalue weighted by Gasteiger charge is 2.28. The number of fused-ring (bicyclic) bond motifs is 1. The molecule has 7 nitrogen and oxygen atoms in total. The van der Waals surface area contributed by atoms with Crippen LogP contribution in [0.15, 0.2) is 42.6 Å². The van der Waals surface area contributed by atoms with Crippen molar-refractivity contribution < 1.29 is 14.3 Å². The second-order valence-corrected chi connectivity index (χ2v) is 7.59. The van der Waals surface area contributed by atoms with E-state index in [-0.39, 0.29) is 11.8 Å². The molecule has 1 aliphatic heterocycles. The highest BCUT2D eigenvalue weighted by Crippen LogP contribution is 2.31. The topological polar surface area (TPSA) is 84.4 Å². The maximum atomic E-state index is 12.9. The third-order valence-electron chi connectivity index (χ3n) is 4.81. The number of carbonyl (C=O) groups excluding carboxylic acids is 2. The van der Waals surface area contributed by atoms with Gasteiger partial charge in [-0.15, -0.1) is 0 Å². The van der Waals surface area contributed by atoms with Crippen molar-refractivity contribution in [2.24, 2.45) is 5.92 Å². The highest BCUT2D eigenvalue weighted by atomic mass is 32.1. The monoisotopic (exact) mass is 396 g/mol.